The zero-order valence-electron chi connectivity index (χ0n) is 11.3. The van der Waals surface area contributed by atoms with Gasteiger partial charge in [0.15, 0.2) is 0 Å². The first-order chi connectivity index (χ1) is 10.2. The lowest BCUT2D eigenvalue weighted by Crippen LogP contribution is -2.23. The van der Waals surface area contributed by atoms with Gasteiger partial charge in [0.05, 0.1) is 19.3 Å². The minimum atomic E-state index is -2.80. The van der Waals surface area contributed by atoms with Crippen molar-refractivity contribution in [2.24, 2.45) is 0 Å². The molecule has 0 saturated carbocycles. The van der Waals surface area contributed by atoms with Crippen LogP contribution in [0.5, 0.6) is 5.75 Å². The molecule has 0 radical (unpaired) electrons. The average molecular weight is 291 g/mol. The number of nitrogens with one attached hydrogen (secondary N) is 1. The van der Waals surface area contributed by atoms with Gasteiger partial charge in [0, 0.05) is 5.69 Å². The van der Waals surface area contributed by atoms with Crippen LogP contribution < -0.4 is 10.1 Å². The van der Waals surface area contributed by atoms with Crippen LogP contribution in [0.1, 0.15) is 17.2 Å². The Morgan fingerprint density at radius 2 is 1.86 bits per heavy atom. The van der Waals surface area contributed by atoms with Gasteiger partial charge in [-0.2, -0.15) is 8.78 Å². The van der Waals surface area contributed by atoms with Crippen LogP contribution in [0.2, 0.25) is 0 Å². The van der Waals surface area contributed by atoms with E-state index in [-0.39, 0.29) is 11.8 Å². The van der Waals surface area contributed by atoms with Crippen molar-refractivity contribution >= 4 is 5.69 Å². The highest BCUT2D eigenvalue weighted by Gasteiger charge is 2.20. The maximum Gasteiger partial charge on any atom is 0.387 e. The summed E-state index contributed by atoms with van der Waals surface area (Å²) in [5, 5.41) is 3.35. The van der Waals surface area contributed by atoms with Gasteiger partial charge in [-0.1, -0.05) is 24.3 Å². The van der Waals surface area contributed by atoms with Gasteiger partial charge in [-0.25, -0.2) is 0 Å². The average Bonchev–Trinajstić information content (AvgIpc) is 2.49. The molecule has 1 atom stereocenters. The quantitative estimate of drug-likeness (QED) is 0.924. The van der Waals surface area contributed by atoms with E-state index in [9.17, 15) is 8.78 Å². The zero-order chi connectivity index (χ0) is 14.7. The molecular formula is C16H15F2NO2. The van der Waals surface area contributed by atoms with Gasteiger partial charge >= 0.3 is 6.61 Å². The van der Waals surface area contributed by atoms with Crippen LogP contribution in [-0.2, 0) is 11.3 Å². The van der Waals surface area contributed by atoms with E-state index in [4.69, 9.17) is 4.74 Å². The molecule has 21 heavy (non-hydrogen) atoms. The number of halogens is 2. The molecule has 1 aliphatic rings. The number of anilines is 1. The molecule has 0 aliphatic carbocycles. The molecule has 1 unspecified atom stereocenters. The Morgan fingerprint density at radius 3 is 2.62 bits per heavy atom. The number of hydrogen-bond donors (Lipinski definition) is 1. The van der Waals surface area contributed by atoms with E-state index in [1.807, 2.05) is 18.2 Å². The van der Waals surface area contributed by atoms with Crippen molar-refractivity contribution in [3.8, 4) is 5.75 Å². The van der Waals surface area contributed by atoms with Crippen molar-refractivity contribution in [2.75, 3.05) is 11.9 Å². The highest BCUT2D eigenvalue weighted by atomic mass is 19.3. The fourth-order valence-corrected chi connectivity index (χ4v) is 2.44. The third-order valence-electron chi connectivity index (χ3n) is 3.39. The summed E-state index contributed by atoms with van der Waals surface area (Å²) in [6, 6.07) is 14.6. The fourth-order valence-electron chi connectivity index (χ4n) is 2.44. The first-order valence-electron chi connectivity index (χ1n) is 6.69. The van der Waals surface area contributed by atoms with Crippen molar-refractivity contribution in [2.45, 2.75) is 19.3 Å². The van der Waals surface area contributed by atoms with Crippen LogP contribution in [0.15, 0.2) is 48.5 Å². The van der Waals surface area contributed by atoms with Crippen molar-refractivity contribution in [1.29, 1.82) is 0 Å². The Bertz CT molecular complexity index is 601. The third-order valence-corrected chi connectivity index (χ3v) is 3.39. The minimum Gasteiger partial charge on any atom is -0.435 e. The molecule has 3 rings (SSSR count). The molecule has 0 saturated heterocycles. The molecule has 5 heteroatoms. The number of rotatable bonds is 4. The van der Waals surface area contributed by atoms with Crippen LogP contribution in [-0.4, -0.2) is 13.2 Å². The van der Waals surface area contributed by atoms with Gasteiger partial charge in [-0.05, 0) is 35.4 Å². The van der Waals surface area contributed by atoms with Gasteiger partial charge < -0.3 is 14.8 Å². The van der Waals surface area contributed by atoms with E-state index in [0.717, 1.165) is 5.69 Å². The first-order valence-corrected chi connectivity index (χ1v) is 6.69. The normalized spacial score (nSPS) is 17.4. The lowest BCUT2D eigenvalue weighted by atomic mass is 9.99. The summed E-state index contributed by atoms with van der Waals surface area (Å²) in [7, 11) is 0. The minimum absolute atomic E-state index is 0.0526. The lowest BCUT2D eigenvalue weighted by Gasteiger charge is -2.27. The van der Waals surface area contributed by atoms with E-state index < -0.39 is 6.61 Å². The second-order valence-corrected chi connectivity index (χ2v) is 4.81. The van der Waals surface area contributed by atoms with Crippen LogP contribution >= 0.6 is 0 Å². The Hall–Kier alpha value is -2.14. The summed E-state index contributed by atoms with van der Waals surface area (Å²) in [5.41, 5.74) is 3.21. The van der Waals surface area contributed by atoms with Crippen LogP contribution in [0.25, 0.3) is 0 Å². The Kier molecular flexibility index (Phi) is 4.01. The smallest absolute Gasteiger partial charge is 0.387 e. The van der Waals surface area contributed by atoms with E-state index in [1.165, 1.54) is 23.3 Å². The summed E-state index contributed by atoms with van der Waals surface area (Å²) in [5.74, 6) is 0.149. The molecule has 1 N–H and O–H groups in total. The van der Waals surface area contributed by atoms with Crippen LogP contribution in [0.3, 0.4) is 0 Å². The van der Waals surface area contributed by atoms with Crippen molar-refractivity contribution in [3.63, 3.8) is 0 Å². The maximum atomic E-state index is 12.1. The summed E-state index contributed by atoms with van der Waals surface area (Å²) in [4.78, 5) is 0. The predicted molar refractivity (Wildman–Crippen MR) is 75.5 cm³/mol. The summed E-state index contributed by atoms with van der Waals surface area (Å²) in [6.45, 7) is -1.61. The molecule has 110 valence electrons. The third kappa shape index (κ3) is 3.31. The molecule has 3 nitrogen and oxygen atoms in total. The van der Waals surface area contributed by atoms with Gasteiger partial charge in [-0.15, -0.1) is 0 Å². The van der Waals surface area contributed by atoms with Crippen molar-refractivity contribution < 1.29 is 18.3 Å². The molecular weight excluding hydrogens is 276 g/mol. The zero-order valence-corrected chi connectivity index (χ0v) is 11.3. The van der Waals surface area contributed by atoms with E-state index in [1.54, 1.807) is 12.1 Å². The monoisotopic (exact) mass is 291 g/mol. The van der Waals surface area contributed by atoms with Gasteiger partial charge in [0.2, 0.25) is 0 Å². The Balaban J connectivity index is 1.73. The van der Waals surface area contributed by atoms with Crippen LogP contribution in [0, 0.1) is 0 Å². The largest absolute Gasteiger partial charge is 0.435 e. The number of alkyl halides is 2. The van der Waals surface area contributed by atoms with Crippen molar-refractivity contribution in [1.82, 2.24) is 0 Å². The molecule has 0 aromatic heterocycles. The predicted octanol–water partition coefficient (Wildman–Crippen LogP) is 3.97. The van der Waals surface area contributed by atoms with E-state index >= 15 is 0 Å². The molecule has 2 aromatic rings. The van der Waals surface area contributed by atoms with Crippen molar-refractivity contribution in [3.05, 3.63) is 59.7 Å². The van der Waals surface area contributed by atoms with Gasteiger partial charge in [-0.3, -0.25) is 0 Å². The summed E-state index contributed by atoms with van der Waals surface area (Å²) < 4.78 is 34.1. The Labute approximate surface area is 121 Å². The van der Waals surface area contributed by atoms with E-state index in [0.29, 0.717) is 13.2 Å². The number of fused-ring (bicyclic) bond motifs is 1. The molecule has 0 spiro atoms. The maximum absolute atomic E-state index is 12.1. The number of ether oxygens (including phenoxy) is 2. The first kappa shape index (κ1) is 13.8. The Morgan fingerprint density at radius 1 is 1.10 bits per heavy atom. The van der Waals surface area contributed by atoms with Gasteiger partial charge in [0.1, 0.15) is 5.75 Å². The molecule has 0 amide bonds. The van der Waals surface area contributed by atoms with Gasteiger partial charge in [0.25, 0.3) is 0 Å². The SMILES string of the molecule is FC(F)Oc1ccc(NC2COCc3ccccc32)cc1. The fraction of sp³-hybridized carbons (Fsp3) is 0.250. The summed E-state index contributed by atoms with van der Waals surface area (Å²) >= 11 is 0. The molecule has 0 fully saturated rings. The summed E-state index contributed by atoms with van der Waals surface area (Å²) in [6.07, 6.45) is 0. The number of hydrogen-bond acceptors (Lipinski definition) is 3. The highest BCUT2D eigenvalue weighted by molar-refractivity contribution is 5.49. The number of benzene rings is 2. The molecule has 1 aliphatic heterocycles. The second-order valence-electron chi connectivity index (χ2n) is 4.81. The molecule has 1 heterocycles. The second kappa shape index (κ2) is 6.10. The topological polar surface area (TPSA) is 30.5 Å². The standard InChI is InChI=1S/C16H15F2NO2/c17-16(18)21-13-7-5-12(6-8-13)19-15-10-20-9-11-3-1-2-4-14(11)15/h1-8,15-16,19H,9-10H2. The van der Waals surface area contributed by atoms with Crippen LogP contribution in [0.4, 0.5) is 14.5 Å². The molecule has 2 aromatic carbocycles. The molecule has 0 bridgehead atoms. The highest BCUT2D eigenvalue weighted by Crippen LogP contribution is 2.28. The lowest BCUT2D eigenvalue weighted by molar-refractivity contribution is -0.0498. The van der Waals surface area contributed by atoms with E-state index in [2.05, 4.69) is 16.1 Å².